The number of carbonyl (C=O) groups is 1. The van der Waals surface area contributed by atoms with Gasteiger partial charge in [-0.3, -0.25) is 9.36 Å². The van der Waals surface area contributed by atoms with Crippen molar-refractivity contribution in [1.82, 2.24) is 24.1 Å². The smallest absolute Gasteiger partial charge is 0.238 e. The Bertz CT molecular complexity index is 2530. The average Bonchev–Trinajstić information content (AvgIpc) is 3.65. The van der Waals surface area contributed by atoms with Crippen LogP contribution in [-0.4, -0.2) is 30.4 Å². The van der Waals surface area contributed by atoms with Gasteiger partial charge in [0.25, 0.3) is 0 Å². The molecular formula is C40H25N5O. The molecule has 0 aliphatic carbocycles. The normalized spacial score (nSPS) is 11.6. The second-order valence-electron chi connectivity index (χ2n) is 11.3. The minimum Gasteiger partial charge on any atom is -0.309 e. The van der Waals surface area contributed by atoms with Crippen molar-refractivity contribution in [3.05, 3.63) is 151 Å². The van der Waals surface area contributed by atoms with Crippen LogP contribution in [0, 0.1) is 0 Å². The highest BCUT2D eigenvalue weighted by molar-refractivity contribution is 6.26. The summed E-state index contributed by atoms with van der Waals surface area (Å²) in [6.07, 6.45) is 0.875. The summed E-state index contributed by atoms with van der Waals surface area (Å²) in [4.78, 5) is 26.7. The van der Waals surface area contributed by atoms with Gasteiger partial charge in [0.2, 0.25) is 5.95 Å². The predicted molar refractivity (Wildman–Crippen MR) is 185 cm³/mol. The number of benzene rings is 6. The second kappa shape index (κ2) is 10.4. The zero-order valence-electron chi connectivity index (χ0n) is 24.6. The summed E-state index contributed by atoms with van der Waals surface area (Å²) in [5.74, 6) is 1.78. The zero-order chi connectivity index (χ0) is 30.6. The fourth-order valence-corrected chi connectivity index (χ4v) is 6.59. The quantitative estimate of drug-likeness (QED) is 0.187. The molecule has 9 rings (SSSR count). The molecule has 0 fully saturated rings. The van der Waals surface area contributed by atoms with Crippen LogP contribution >= 0.6 is 0 Å². The van der Waals surface area contributed by atoms with Gasteiger partial charge in [0.15, 0.2) is 11.6 Å². The van der Waals surface area contributed by atoms with Crippen LogP contribution in [-0.2, 0) is 0 Å². The van der Waals surface area contributed by atoms with Crippen LogP contribution in [0.5, 0.6) is 0 Å². The van der Waals surface area contributed by atoms with Crippen LogP contribution < -0.4 is 0 Å². The molecule has 6 aromatic carbocycles. The Balaban J connectivity index is 1.43. The minimum atomic E-state index is 0.554. The molecule has 0 amide bonds. The first-order chi connectivity index (χ1) is 22.8. The Morgan fingerprint density at radius 1 is 0.457 bits per heavy atom. The molecule has 0 atom stereocenters. The van der Waals surface area contributed by atoms with E-state index in [1.165, 1.54) is 0 Å². The molecule has 9 aromatic rings. The molecule has 0 aliphatic rings. The van der Waals surface area contributed by atoms with E-state index in [1.807, 2.05) is 84.9 Å². The third-order valence-corrected chi connectivity index (χ3v) is 8.64. The lowest BCUT2D eigenvalue weighted by Gasteiger charge is -2.12. The monoisotopic (exact) mass is 591 g/mol. The van der Waals surface area contributed by atoms with Crippen molar-refractivity contribution >= 4 is 49.9 Å². The SMILES string of the molecule is O=Cc1ccc(-n2c3ccccc3c3c2ccc2c4ccccc4n(-c4nc(-c5ccccc5)nc(-c5ccccc5)n4)c23)cc1. The molecule has 6 heteroatoms. The maximum atomic E-state index is 11.4. The standard InChI is InChI=1S/C40H25N5O/c46-25-26-19-21-29(22-20-26)44-34-18-10-8-16-32(34)36-35(44)24-23-31-30-15-7-9-17-33(30)45(37(31)36)40-42-38(27-11-3-1-4-12-27)41-39(43-40)28-13-5-2-6-14-28/h1-25H. The number of hydrogen-bond acceptors (Lipinski definition) is 4. The summed E-state index contributed by atoms with van der Waals surface area (Å²) in [7, 11) is 0. The number of aldehydes is 1. The Morgan fingerprint density at radius 3 is 1.65 bits per heavy atom. The summed E-state index contributed by atoms with van der Waals surface area (Å²) in [6.45, 7) is 0. The number of fused-ring (bicyclic) bond motifs is 7. The molecule has 3 heterocycles. The molecule has 0 spiro atoms. The van der Waals surface area contributed by atoms with Crippen LogP contribution in [0.2, 0.25) is 0 Å². The number of carbonyl (C=O) groups excluding carboxylic acids is 1. The summed E-state index contributed by atoms with van der Waals surface area (Å²) in [5.41, 5.74) is 7.64. The van der Waals surface area contributed by atoms with Crippen LogP contribution in [0.3, 0.4) is 0 Å². The lowest BCUT2D eigenvalue weighted by molar-refractivity contribution is 0.112. The lowest BCUT2D eigenvalue weighted by atomic mass is 10.1. The van der Waals surface area contributed by atoms with Crippen LogP contribution in [0.25, 0.3) is 78.0 Å². The van der Waals surface area contributed by atoms with Gasteiger partial charge >= 0.3 is 0 Å². The third kappa shape index (κ3) is 3.97. The van der Waals surface area contributed by atoms with Gasteiger partial charge in [0.1, 0.15) is 6.29 Å². The maximum Gasteiger partial charge on any atom is 0.238 e. The molecule has 0 unspecified atom stereocenters. The lowest BCUT2D eigenvalue weighted by Crippen LogP contribution is -2.06. The molecular weight excluding hydrogens is 566 g/mol. The van der Waals surface area contributed by atoms with Gasteiger partial charge in [-0.2, -0.15) is 9.97 Å². The van der Waals surface area contributed by atoms with E-state index in [0.29, 0.717) is 23.2 Å². The van der Waals surface area contributed by atoms with E-state index in [2.05, 4.69) is 69.8 Å². The van der Waals surface area contributed by atoms with Crippen molar-refractivity contribution in [2.24, 2.45) is 0 Å². The summed E-state index contributed by atoms with van der Waals surface area (Å²) < 4.78 is 4.46. The van der Waals surface area contributed by atoms with E-state index in [-0.39, 0.29) is 0 Å². The van der Waals surface area contributed by atoms with E-state index in [4.69, 9.17) is 15.0 Å². The van der Waals surface area contributed by atoms with E-state index >= 15 is 0 Å². The van der Waals surface area contributed by atoms with Gasteiger partial charge in [-0.25, -0.2) is 4.98 Å². The molecule has 0 aliphatic heterocycles. The van der Waals surface area contributed by atoms with Crippen molar-refractivity contribution in [3.63, 3.8) is 0 Å². The molecule has 0 bridgehead atoms. The number of hydrogen-bond donors (Lipinski definition) is 0. The van der Waals surface area contributed by atoms with Crippen molar-refractivity contribution in [1.29, 1.82) is 0 Å². The molecule has 3 aromatic heterocycles. The van der Waals surface area contributed by atoms with Crippen molar-refractivity contribution < 1.29 is 4.79 Å². The van der Waals surface area contributed by atoms with Gasteiger partial charge in [-0.15, -0.1) is 0 Å². The number of para-hydroxylation sites is 2. The van der Waals surface area contributed by atoms with E-state index < -0.39 is 0 Å². The highest BCUT2D eigenvalue weighted by atomic mass is 16.1. The molecule has 0 N–H and O–H groups in total. The Morgan fingerprint density at radius 2 is 1.02 bits per heavy atom. The molecule has 0 saturated heterocycles. The van der Waals surface area contributed by atoms with Gasteiger partial charge in [0.05, 0.1) is 22.1 Å². The molecule has 0 saturated carbocycles. The van der Waals surface area contributed by atoms with E-state index in [0.717, 1.165) is 66.7 Å². The highest BCUT2D eigenvalue weighted by Crippen LogP contribution is 2.41. The molecule has 46 heavy (non-hydrogen) atoms. The predicted octanol–water partition coefficient (Wildman–Crippen LogP) is 9.21. The first-order valence-corrected chi connectivity index (χ1v) is 15.2. The van der Waals surface area contributed by atoms with Crippen LogP contribution in [0.4, 0.5) is 0 Å². The summed E-state index contributed by atoms with van der Waals surface area (Å²) >= 11 is 0. The van der Waals surface area contributed by atoms with Gasteiger partial charge < -0.3 is 4.57 Å². The number of nitrogens with zero attached hydrogens (tertiary/aromatic N) is 5. The number of rotatable bonds is 5. The van der Waals surface area contributed by atoms with Gasteiger partial charge in [-0.05, 0) is 42.5 Å². The highest BCUT2D eigenvalue weighted by Gasteiger charge is 2.23. The maximum absolute atomic E-state index is 11.4. The topological polar surface area (TPSA) is 65.6 Å². The first kappa shape index (κ1) is 26.0. The number of aromatic nitrogens is 5. The molecule has 6 nitrogen and oxygen atoms in total. The Hall–Kier alpha value is -6.40. The second-order valence-corrected chi connectivity index (χ2v) is 11.3. The fourth-order valence-electron chi connectivity index (χ4n) is 6.59. The first-order valence-electron chi connectivity index (χ1n) is 15.2. The van der Waals surface area contributed by atoms with Crippen molar-refractivity contribution in [3.8, 4) is 34.4 Å². The Kier molecular flexibility index (Phi) is 5.86. The van der Waals surface area contributed by atoms with Crippen molar-refractivity contribution in [2.45, 2.75) is 0 Å². The van der Waals surface area contributed by atoms with Crippen molar-refractivity contribution in [2.75, 3.05) is 0 Å². The fraction of sp³-hybridized carbons (Fsp3) is 0. The zero-order valence-corrected chi connectivity index (χ0v) is 24.6. The average molecular weight is 592 g/mol. The van der Waals surface area contributed by atoms with Crippen LogP contribution in [0.1, 0.15) is 10.4 Å². The van der Waals surface area contributed by atoms with E-state index in [9.17, 15) is 4.79 Å². The van der Waals surface area contributed by atoms with Crippen LogP contribution in [0.15, 0.2) is 146 Å². The largest absolute Gasteiger partial charge is 0.309 e. The summed E-state index contributed by atoms with van der Waals surface area (Å²) in [5, 5.41) is 4.46. The third-order valence-electron chi connectivity index (χ3n) is 8.64. The minimum absolute atomic E-state index is 0.554. The Labute approximate surface area is 263 Å². The summed E-state index contributed by atoms with van der Waals surface area (Å²) in [6, 6.07) is 49.1. The molecule has 0 radical (unpaired) electrons. The molecule has 216 valence electrons. The van der Waals surface area contributed by atoms with Gasteiger partial charge in [0, 0.05) is 43.9 Å². The van der Waals surface area contributed by atoms with E-state index in [1.54, 1.807) is 0 Å². The van der Waals surface area contributed by atoms with Gasteiger partial charge in [-0.1, -0.05) is 103 Å².